The molecule has 0 atom stereocenters. The zero-order valence-electron chi connectivity index (χ0n) is 11.0. The van der Waals surface area contributed by atoms with Crippen molar-refractivity contribution < 1.29 is 4.79 Å². The maximum absolute atomic E-state index is 11.8. The fraction of sp³-hybridized carbons (Fsp3) is 0.133. The zero-order valence-corrected chi connectivity index (χ0v) is 13.3. The van der Waals surface area contributed by atoms with Crippen molar-refractivity contribution in [3.8, 4) is 0 Å². The topological polar surface area (TPSA) is 41.1 Å². The van der Waals surface area contributed by atoms with Gasteiger partial charge in [-0.3, -0.25) is 0 Å². The second-order valence-corrected chi connectivity index (χ2v) is 5.57. The van der Waals surface area contributed by atoms with E-state index in [1.54, 1.807) is 18.2 Å². The molecule has 0 aliphatic rings. The molecular formula is C15H13Cl3N2O. The Labute approximate surface area is 138 Å². The minimum Gasteiger partial charge on any atom is -0.338 e. The highest BCUT2D eigenvalue weighted by Gasteiger charge is 2.05. The summed E-state index contributed by atoms with van der Waals surface area (Å²) in [6, 6.07) is 12.1. The first-order valence-electron chi connectivity index (χ1n) is 6.29. The Balaban J connectivity index is 1.82. The van der Waals surface area contributed by atoms with Crippen LogP contribution in [0.1, 0.15) is 5.56 Å². The van der Waals surface area contributed by atoms with Crippen molar-refractivity contribution in [2.24, 2.45) is 0 Å². The summed E-state index contributed by atoms with van der Waals surface area (Å²) in [5, 5.41) is 6.98. The van der Waals surface area contributed by atoms with E-state index in [0.29, 0.717) is 33.7 Å². The van der Waals surface area contributed by atoms with E-state index >= 15 is 0 Å². The SMILES string of the molecule is O=C(NCCc1ccccc1Cl)Nc1ccc(Cl)c(Cl)c1. The molecule has 0 heterocycles. The lowest BCUT2D eigenvalue weighted by Gasteiger charge is -2.09. The molecule has 0 aliphatic heterocycles. The summed E-state index contributed by atoms with van der Waals surface area (Å²) in [5.74, 6) is 0. The molecule has 2 N–H and O–H groups in total. The molecule has 0 saturated carbocycles. The van der Waals surface area contributed by atoms with Crippen molar-refractivity contribution in [1.82, 2.24) is 5.32 Å². The molecule has 0 saturated heterocycles. The number of rotatable bonds is 4. The summed E-state index contributed by atoms with van der Waals surface area (Å²) in [4.78, 5) is 11.8. The number of carbonyl (C=O) groups is 1. The van der Waals surface area contributed by atoms with Crippen LogP contribution in [0.4, 0.5) is 10.5 Å². The van der Waals surface area contributed by atoms with Gasteiger partial charge >= 0.3 is 6.03 Å². The highest BCUT2D eigenvalue weighted by Crippen LogP contribution is 2.24. The van der Waals surface area contributed by atoms with E-state index in [4.69, 9.17) is 34.8 Å². The van der Waals surface area contributed by atoms with E-state index in [1.165, 1.54) is 0 Å². The van der Waals surface area contributed by atoms with Crippen LogP contribution in [0.3, 0.4) is 0 Å². The van der Waals surface area contributed by atoms with E-state index in [9.17, 15) is 4.79 Å². The molecule has 3 nitrogen and oxygen atoms in total. The molecule has 0 fully saturated rings. The number of halogens is 3. The number of carbonyl (C=O) groups excluding carboxylic acids is 1. The van der Waals surface area contributed by atoms with Gasteiger partial charge in [0.05, 0.1) is 10.0 Å². The predicted octanol–water partition coefficient (Wildman–Crippen LogP) is 5.01. The lowest BCUT2D eigenvalue weighted by molar-refractivity contribution is 0.252. The fourth-order valence-corrected chi connectivity index (χ4v) is 2.29. The van der Waals surface area contributed by atoms with Crippen molar-refractivity contribution in [1.29, 1.82) is 0 Å². The molecule has 0 aliphatic carbocycles. The van der Waals surface area contributed by atoms with Gasteiger partial charge in [-0.2, -0.15) is 0 Å². The van der Waals surface area contributed by atoms with E-state index < -0.39 is 0 Å². The highest BCUT2D eigenvalue weighted by molar-refractivity contribution is 6.42. The monoisotopic (exact) mass is 342 g/mol. The van der Waals surface area contributed by atoms with Crippen molar-refractivity contribution in [3.63, 3.8) is 0 Å². The molecule has 110 valence electrons. The lowest BCUT2D eigenvalue weighted by atomic mass is 10.1. The van der Waals surface area contributed by atoms with Crippen LogP contribution in [0.25, 0.3) is 0 Å². The van der Waals surface area contributed by atoms with Crippen molar-refractivity contribution in [2.75, 3.05) is 11.9 Å². The van der Waals surface area contributed by atoms with Gasteiger partial charge in [0, 0.05) is 17.3 Å². The molecule has 6 heteroatoms. The Morgan fingerprint density at radius 3 is 2.43 bits per heavy atom. The third-order valence-electron chi connectivity index (χ3n) is 2.82. The molecule has 2 amide bonds. The zero-order chi connectivity index (χ0) is 15.2. The van der Waals surface area contributed by atoms with Crippen LogP contribution < -0.4 is 10.6 Å². The molecule has 0 bridgehead atoms. The van der Waals surface area contributed by atoms with Gasteiger partial charge in [0.1, 0.15) is 0 Å². The molecule has 2 rings (SSSR count). The molecule has 0 aromatic heterocycles. The number of hydrogen-bond donors (Lipinski definition) is 2. The summed E-state index contributed by atoms with van der Waals surface area (Å²) in [7, 11) is 0. The van der Waals surface area contributed by atoms with Crippen LogP contribution in [0.5, 0.6) is 0 Å². The lowest BCUT2D eigenvalue weighted by Crippen LogP contribution is -2.30. The third-order valence-corrected chi connectivity index (χ3v) is 3.92. The van der Waals surface area contributed by atoms with Crippen molar-refractivity contribution >= 4 is 46.5 Å². The van der Waals surface area contributed by atoms with Crippen LogP contribution >= 0.6 is 34.8 Å². The average Bonchev–Trinajstić information content (AvgIpc) is 2.45. The van der Waals surface area contributed by atoms with Gasteiger partial charge in [0.15, 0.2) is 0 Å². The molecule has 2 aromatic rings. The second-order valence-electron chi connectivity index (χ2n) is 4.35. The standard InChI is InChI=1S/C15H13Cl3N2O/c16-12-4-2-1-3-10(12)7-8-19-15(21)20-11-5-6-13(17)14(18)9-11/h1-6,9H,7-8H2,(H2,19,20,21). The smallest absolute Gasteiger partial charge is 0.319 e. The van der Waals surface area contributed by atoms with Crippen LogP contribution in [-0.4, -0.2) is 12.6 Å². The second kappa shape index (κ2) is 7.55. The van der Waals surface area contributed by atoms with Gasteiger partial charge in [-0.25, -0.2) is 4.79 Å². The van der Waals surface area contributed by atoms with Crippen molar-refractivity contribution in [2.45, 2.75) is 6.42 Å². The van der Waals surface area contributed by atoms with Crippen LogP contribution in [-0.2, 0) is 6.42 Å². The van der Waals surface area contributed by atoms with E-state index in [2.05, 4.69) is 10.6 Å². The van der Waals surface area contributed by atoms with Crippen LogP contribution in [0.15, 0.2) is 42.5 Å². The van der Waals surface area contributed by atoms with Crippen molar-refractivity contribution in [3.05, 3.63) is 63.1 Å². The molecule has 2 aromatic carbocycles. The Morgan fingerprint density at radius 1 is 0.952 bits per heavy atom. The summed E-state index contributed by atoms with van der Waals surface area (Å²) < 4.78 is 0. The molecule has 21 heavy (non-hydrogen) atoms. The van der Waals surface area contributed by atoms with Crippen LogP contribution in [0, 0.1) is 0 Å². The average molecular weight is 344 g/mol. The Morgan fingerprint density at radius 2 is 1.71 bits per heavy atom. The molecule has 0 spiro atoms. The normalized spacial score (nSPS) is 10.2. The van der Waals surface area contributed by atoms with E-state index in [0.717, 1.165) is 5.56 Å². The summed E-state index contributed by atoms with van der Waals surface area (Å²) in [6.45, 7) is 0.483. The third kappa shape index (κ3) is 4.81. The van der Waals surface area contributed by atoms with Gasteiger partial charge in [-0.05, 0) is 36.2 Å². The highest BCUT2D eigenvalue weighted by atomic mass is 35.5. The van der Waals surface area contributed by atoms with E-state index in [-0.39, 0.29) is 6.03 Å². The van der Waals surface area contributed by atoms with Gasteiger partial charge < -0.3 is 10.6 Å². The van der Waals surface area contributed by atoms with Gasteiger partial charge in [-0.1, -0.05) is 53.0 Å². The van der Waals surface area contributed by atoms with Crippen LogP contribution in [0.2, 0.25) is 15.1 Å². The Hall–Kier alpha value is -1.42. The summed E-state index contributed by atoms with van der Waals surface area (Å²) in [5.41, 5.74) is 1.58. The predicted molar refractivity (Wildman–Crippen MR) is 88.6 cm³/mol. The first-order chi connectivity index (χ1) is 10.1. The van der Waals surface area contributed by atoms with Gasteiger partial charge in [0.2, 0.25) is 0 Å². The quantitative estimate of drug-likeness (QED) is 0.805. The number of urea groups is 1. The molecular weight excluding hydrogens is 331 g/mol. The number of benzene rings is 2. The number of anilines is 1. The summed E-state index contributed by atoms with van der Waals surface area (Å²) >= 11 is 17.7. The molecule has 0 radical (unpaired) electrons. The molecule has 0 unspecified atom stereocenters. The maximum Gasteiger partial charge on any atom is 0.319 e. The van der Waals surface area contributed by atoms with Gasteiger partial charge in [0.25, 0.3) is 0 Å². The minimum absolute atomic E-state index is 0.305. The summed E-state index contributed by atoms with van der Waals surface area (Å²) in [6.07, 6.45) is 0.661. The largest absolute Gasteiger partial charge is 0.338 e. The van der Waals surface area contributed by atoms with Gasteiger partial charge in [-0.15, -0.1) is 0 Å². The first kappa shape index (κ1) is 16.0. The Bertz CT molecular complexity index is 647. The Kier molecular flexibility index (Phi) is 5.74. The minimum atomic E-state index is -0.305. The van der Waals surface area contributed by atoms with E-state index in [1.807, 2.05) is 24.3 Å². The number of amides is 2. The first-order valence-corrected chi connectivity index (χ1v) is 7.43. The number of hydrogen-bond acceptors (Lipinski definition) is 1. The number of nitrogens with one attached hydrogen (secondary N) is 2. The fourth-order valence-electron chi connectivity index (χ4n) is 1.76. The maximum atomic E-state index is 11.8.